The Morgan fingerprint density at radius 2 is 2.00 bits per heavy atom. The van der Waals surface area contributed by atoms with E-state index in [2.05, 4.69) is 43.4 Å². The number of hydrogen-bond acceptors (Lipinski definition) is 2. The first kappa shape index (κ1) is 11.1. The SMILES string of the molecule is CNCCc1nc2cc(C)ccc2cc1C. The summed E-state index contributed by atoms with van der Waals surface area (Å²) in [6, 6.07) is 8.66. The molecule has 0 saturated heterocycles. The predicted octanol–water partition coefficient (Wildman–Crippen LogP) is 2.61. The molecule has 1 heterocycles. The van der Waals surface area contributed by atoms with Gasteiger partial charge >= 0.3 is 0 Å². The Bertz CT molecular complexity index is 503. The monoisotopic (exact) mass is 214 g/mol. The molecular formula is C14H18N2. The molecule has 0 unspecified atom stereocenters. The van der Waals surface area contributed by atoms with Crippen LogP contribution < -0.4 is 5.32 Å². The number of nitrogens with zero attached hydrogens (tertiary/aromatic N) is 1. The molecule has 1 N–H and O–H groups in total. The van der Waals surface area contributed by atoms with Crippen LogP contribution in [0, 0.1) is 13.8 Å². The molecule has 0 amide bonds. The van der Waals surface area contributed by atoms with Crippen molar-refractivity contribution >= 4 is 10.9 Å². The summed E-state index contributed by atoms with van der Waals surface area (Å²) in [7, 11) is 1.97. The molecule has 84 valence electrons. The average molecular weight is 214 g/mol. The summed E-state index contributed by atoms with van der Waals surface area (Å²) in [5.41, 5.74) is 4.86. The lowest BCUT2D eigenvalue weighted by Crippen LogP contribution is -2.12. The third kappa shape index (κ3) is 2.22. The van der Waals surface area contributed by atoms with E-state index in [9.17, 15) is 0 Å². The smallest absolute Gasteiger partial charge is 0.0708 e. The highest BCUT2D eigenvalue weighted by molar-refractivity contribution is 5.80. The minimum atomic E-state index is 0.977. The topological polar surface area (TPSA) is 24.9 Å². The van der Waals surface area contributed by atoms with Crippen molar-refractivity contribution in [1.29, 1.82) is 0 Å². The van der Waals surface area contributed by atoms with Crippen molar-refractivity contribution in [3.05, 3.63) is 41.1 Å². The molecule has 0 spiro atoms. The highest BCUT2D eigenvalue weighted by atomic mass is 14.8. The molecule has 2 heteroatoms. The first-order valence-corrected chi connectivity index (χ1v) is 5.72. The van der Waals surface area contributed by atoms with Gasteiger partial charge in [0.1, 0.15) is 0 Å². The zero-order chi connectivity index (χ0) is 11.5. The Balaban J connectivity index is 2.46. The summed E-state index contributed by atoms with van der Waals surface area (Å²) in [5, 5.41) is 4.40. The molecule has 1 aromatic carbocycles. The number of rotatable bonds is 3. The molecule has 0 fully saturated rings. The molecule has 0 saturated carbocycles. The summed E-state index contributed by atoms with van der Waals surface area (Å²) in [6.45, 7) is 5.22. The van der Waals surface area contributed by atoms with Gasteiger partial charge in [0.25, 0.3) is 0 Å². The van der Waals surface area contributed by atoms with Gasteiger partial charge in [0.2, 0.25) is 0 Å². The van der Waals surface area contributed by atoms with Gasteiger partial charge in [-0.3, -0.25) is 4.98 Å². The van der Waals surface area contributed by atoms with Gasteiger partial charge in [-0.2, -0.15) is 0 Å². The van der Waals surface area contributed by atoms with Crippen LogP contribution in [0.3, 0.4) is 0 Å². The van der Waals surface area contributed by atoms with Crippen molar-refractivity contribution in [2.24, 2.45) is 0 Å². The molecule has 0 aliphatic carbocycles. The molecule has 2 aromatic rings. The van der Waals surface area contributed by atoms with Gasteiger partial charge in [0.15, 0.2) is 0 Å². The van der Waals surface area contributed by atoms with E-state index in [-0.39, 0.29) is 0 Å². The van der Waals surface area contributed by atoms with Gasteiger partial charge in [-0.05, 0) is 44.2 Å². The highest BCUT2D eigenvalue weighted by Crippen LogP contribution is 2.17. The summed E-state index contributed by atoms with van der Waals surface area (Å²) in [4.78, 5) is 4.73. The molecule has 0 aliphatic rings. The first-order chi connectivity index (χ1) is 7.70. The molecule has 0 radical (unpaired) electrons. The van der Waals surface area contributed by atoms with Crippen LogP contribution in [0.5, 0.6) is 0 Å². The Hall–Kier alpha value is -1.41. The molecule has 16 heavy (non-hydrogen) atoms. The maximum atomic E-state index is 4.73. The molecular weight excluding hydrogens is 196 g/mol. The minimum Gasteiger partial charge on any atom is -0.319 e. The third-order valence-corrected chi connectivity index (χ3v) is 2.88. The van der Waals surface area contributed by atoms with E-state index in [1.807, 2.05) is 7.05 Å². The van der Waals surface area contributed by atoms with Crippen molar-refractivity contribution < 1.29 is 0 Å². The van der Waals surface area contributed by atoms with Crippen molar-refractivity contribution in [3.8, 4) is 0 Å². The lowest BCUT2D eigenvalue weighted by atomic mass is 10.1. The zero-order valence-corrected chi connectivity index (χ0v) is 10.2. The fraction of sp³-hybridized carbons (Fsp3) is 0.357. The second kappa shape index (κ2) is 4.62. The summed E-state index contributed by atoms with van der Waals surface area (Å²) in [6.07, 6.45) is 0.992. The Kier molecular flexibility index (Phi) is 3.20. The second-order valence-corrected chi connectivity index (χ2v) is 4.30. The van der Waals surface area contributed by atoms with Crippen molar-refractivity contribution in [3.63, 3.8) is 0 Å². The summed E-state index contributed by atoms with van der Waals surface area (Å²) in [5.74, 6) is 0. The third-order valence-electron chi connectivity index (χ3n) is 2.88. The second-order valence-electron chi connectivity index (χ2n) is 4.30. The van der Waals surface area contributed by atoms with Crippen LogP contribution in [0.2, 0.25) is 0 Å². The number of benzene rings is 1. The lowest BCUT2D eigenvalue weighted by molar-refractivity contribution is 0.775. The lowest BCUT2D eigenvalue weighted by Gasteiger charge is -2.07. The molecule has 0 aliphatic heterocycles. The van der Waals surface area contributed by atoms with Crippen LogP contribution in [0.25, 0.3) is 10.9 Å². The Morgan fingerprint density at radius 1 is 1.19 bits per heavy atom. The number of fused-ring (bicyclic) bond motifs is 1. The zero-order valence-electron chi connectivity index (χ0n) is 10.2. The first-order valence-electron chi connectivity index (χ1n) is 5.72. The van der Waals surface area contributed by atoms with Crippen LogP contribution >= 0.6 is 0 Å². The standard InChI is InChI=1S/C14H18N2/c1-10-4-5-12-9-11(2)13(6-7-15-3)16-14(12)8-10/h4-5,8-9,15H,6-7H2,1-3H3. The van der Waals surface area contributed by atoms with E-state index in [4.69, 9.17) is 4.98 Å². The van der Waals surface area contributed by atoms with Gasteiger partial charge in [-0.25, -0.2) is 0 Å². The number of aromatic nitrogens is 1. The van der Waals surface area contributed by atoms with E-state index in [0.717, 1.165) is 18.5 Å². The van der Waals surface area contributed by atoms with Gasteiger partial charge < -0.3 is 5.32 Å². The van der Waals surface area contributed by atoms with E-state index >= 15 is 0 Å². The Labute approximate surface area is 96.7 Å². The number of likely N-dealkylation sites (N-methyl/N-ethyl adjacent to an activating group) is 1. The molecule has 0 atom stereocenters. The largest absolute Gasteiger partial charge is 0.319 e. The number of pyridine rings is 1. The summed E-state index contributed by atoms with van der Waals surface area (Å²) < 4.78 is 0. The number of nitrogens with one attached hydrogen (secondary N) is 1. The maximum Gasteiger partial charge on any atom is 0.0708 e. The normalized spacial score (nSPS) is 10.9. The van der Waals surface area contributed by atoms with E-state index in [1.165, 1.54) is 22.2 Å². The molecule has 0 bridgehead atoms. The quantitative estimate of drug-likeness (QED) is 0.849. The van der Waals surface area contributed by atoms with E-state index in [1.54, 1.807) is 0 Å². The maximum absolute atomic E-state index is 4.73. The molecule has 2 nitrogen and oxygen atoms in total. The van der Waals surface area contributed by atoms with Gasteiger partial charge in [0, 0.05) is 24.0 Å². The average Bonchev–Trinajstić information content (AvgIpc) is 2.27. The molecule has 2 rings (SSSR count). The fourth-order valence-electron chi connectivity index (χ4n) is 1.92. The number of aryl methyl sites for hydroxylation is 2. The van der Waals surface area contributed by atoms with Gasteiger partial charge in [-0.15, -0.1) is 0 Å². The van der Waals surface area contributed by atoms with Gasteiger partial charge in [-0.1, -0.05) is 12.1 Å². The van der Waals surface area contributed by atoms with Crippen LogP contribution in [0.4, 0.5) is 0 Å². The number of hydrogen-bond donors (Lipinski definition) is 1. The van der Waals surface area contributed by atoms with Crippen LogP contribution in [0.1, 0.15) is 16.8 Å². The van der Waals surface area contributed by atoms with Gasteiger partial charge in [0.05, 0.1) is 5.52 Å². The Morgan fingerprint density at radius 3 is 2.75 bits per heavy atom. The minimum absolute atomic E-state index is 0.977. The fourth-order valence-corrected chi connectivity index (χ4v) is 1.92. The molecule has 1 aromatic heterocycles. The van der Waals surface area contributed by atoms with Crippen molar-refractivity contribution in [1.82, 2.24) is 10.3 Å². The summed E-state index contributed by atoms with van der Waals surface area (Å²) >= 11 is 0. The van der Waals surface area contributed by atoms with E-state index < -0.39 is 0 Å². The predicted molar refractivity (Wildman–Crippen MR) is 68.8 cm³/mol. The van der Waals surface area contributed by atoms with Crippen LogP contribution in [0.15, 0.2) is 24.3 Å². The highest BCUT2D eigenvalue weighted by Gasteiger charge is 2.03. The van der Waals surface area contributed by atoms with E-state index in [0.29, 0.717) is 0 Å². The van der Waals surface area contributed by atoms with Crippen LogP contribution in [-0.2, 0) is 6.42 Å². The van der Waals surface area contributed by atoms with Crippen molar-refractivity contribution in [2.75, 3.05) is 13.6 Å². The van der Waals surface area contributed by atoms with Crippen molar-refractivity contribution in [2.45, 2.75) is 20.3 Å². The van der Waals surface area contributed by atoms with Crippen LogP contribution in [-0.4, -0.2) is 18.6 Å².